The van der Waals surface area contributed by atoms with Crippen LogP contribution in [0.1, 0.15) is 25.0 Å². The fourth-order valence-electron chi connectivity index (χ4n) is 4.07. The number of hydrogen-bond donors (Lipinski definition) is 0. The average Bonchev–Trinajstić information content (AvgIpc) is 3.00. The molecule has 24 heavy (non-hydrogen) atoms. The Hall–Kier alpha value is -2.08. The number of rotatable bonds is 3. The van der Waals surface area contributed by atoms with Crippen LogP contribution in [0.4, 0.5) is 10.3 Å². The first-order valence-electron chi connectivity index (χ1n) is 8.57. The Kier molecular flexibility index (Phi) is 4.14. The first-order valence-corrected chi connectivity index (χ1v) is 8.57. The van der Waals surface area contributed by atoms with Gasteiger partial charge in [-0.15, -0.1) is 0 Å². The molecular weight excluding hydrogens is 305 g/mol. The minimum absolute atomic E-state index is 0.296. The fraction of sp³-hybridized carbons (Fsp3) is 0.500. The number of nitrogens with zero attached hydrogens (tertiary/aromatic N) is 5. The monoisotopic (exact) mass is 327 g/mol. The highest BCUT2D eigenvalue weighted by atomic mass is 19.1. The Balaban J connectivity index is 1.43. The molecule has 0 N–H and O–H groups in total. The zero-order chi connectivity index (χ0) is 16.4. The predicted octanol–water partition coefficient (Wildman–Crippen LogP) is 2.50. The van der Waals surface area contributed by atoms with E-state index in [4.69, 9.17) is 0 Å². The van der Waals surface area contributed by atoms with Crippen LogP contribution in [0.5, 0.6) is 0 Å². The van der Waals surface area contributed by atoms with Gasteiger partial charge in [0.2, 0.25) is 5.95 Å². The molecule has 0 amide bonds. The lowest BCUT2D eigenvalue weighted by Crippen LogP contribution is -2.44. The molecule has 0 aliphatic carbocycles. The largest absolute Gasteiger partial charge is 0.340 e. The topological polar surface area (TPSA) is 45.2 Å². The van der Waals surface area contributed by atoms with Crippen molar-refractivity contribution in [2.75, 3.05) is 31.1 Å². The van der Waals surface area contributed by atoms with E-state index in [0.717, 1.165) is 44.8 Å². The Morgan fingerprint density at radius 1 is 1.04 bits per heavy atom. The van der Waals surface area contributed by atoms with Gasteiger partial charge in [0.1, 0.15) is 0 Å². The first-order chi connectivity index (χ1) is 11.7. The van der Waals surface area contributed by atoms with E-state index in [1.807, 2.05) is 18.3 Å². The van der Waals surface area contributed by atoms with E-state index >= 15 is 0 Å². The number of likely N-dealkylation sites (tertiary alicyclic amines) is 1. The van der Waals surface area contributed by atoms with Gasteiger partial charge >= 0.3 is 0 Å². The smallest absolute Gasteiger partial charge is 0.225 e. The molecule has 2 fully saturated rings. The van der Waals surface area contributed by atoms with Crippen molar-refractivity contribution < 1.29 is 4.39 Å². The molecule has 6 heteroatoms. The summed E-state index contributed by atoms with van der Waals surface area (Å²) in [5.41, 5.74) is 1.43. The number of halogens is 1. The van der Waals surface area contributed by atoms with Gasteiger partial charge in [-0.3, -0.25) is 9.88 Å². The lowest BCUT2D eigenvalue weighted by molar-refractivity contribution is 0.0981. The summed E-state index contributed by atoms with van der Waals surface area (Å²) in [5, 5.41) is 0. The summed E-state index contributed by atoms with van der Waals surface area (Å²) in [5.74, 6) is 0.266. The molecule has 1 atom stereocenters. The number of pyridine rings is 1. The molecule has 1 spiro atoms. The van der Waals surface area contributed by atoms with Gasteiger partial charge in [-0.25, -0.2) is 14.4 Å². The van der Waals surface area contributed by atoms with Crippen LogP contribution in [-0.4, -0.2) is 46.0 Å². The summed E-state index contributed by atoms with van der Waals surface area (Å²) >= 11 is 0. The normalized spacial score (nSPS) is 24.6. The van der Waals surface area contributed by atoms with Crippen LogP contribution in [0.25, 0.3) is 0 Å². The minimum Gasteiger partial charge on any atom is -0.340 e. The van der Waals surface area contributed by atoms with E-state index in [9.17, 15) is 4.39 Å². The maximum atomic E-state index is 13.0. The molecule has 2 aliphatic rings. The van der Waals surface area contributed by atoms with E-state index in [1.165, 1.54) is 25.2 Å². The zero-order valence-electron chi connectivity index (χ0n) is 13.7. The third-order valence-electron chi connectivity index (χ3n) is 5.18. The predicted molar refractivity (Wildman–Crippen MR) is 90.0 cm³/mol. The fourth-order valence-corrected chi connectivity index (χ4v) is 4.07. The van der Waals surface area contributed by atoms with Crippen molar-refractivity contribution in [1.29, 1.82) is 0 Å². The Labute approximate surface area is 141 Å². The molecule has 4 heterocycles. The second kappa shape index (κ2) is 6.43. The van der Waals surface area contributed by atoms with Crippen LogP contribution in [0.2, 0.25) is 0 Å². The molecule has 2 saturated heterocycles. The standard InChI is InChI=1S/C18H22FN5/c19-15-10-21-17(22-11-15)24-9-6-18(14-24)5-3-8-23(13-18)12-16-4-1-2-7-20-16/h1-2,4,7,10-11H,3,5-6,8-9,12-14H2/t18-/m0/s1. The van der Waals surface area contributed by atoms with Gasteiger partial charge in [-0.05, 0) is 37.9 Å². The maximum absolute atomic E-state index is 13.0. The third kappa shape index (κ3) is 3.24. The number of anilines is 1. The highest BCUT2D eigenvalue weighted by molar-refractivity contribution is 5.32. The molecule has 4 rings (SSSR count). The van der Waals surface area contributed by atoms with Crippen LogP contribution in [0.3, 0.4) is 0 Å². The molecule has 0 saturated carbocycles. The van der Waals surface area contributed by atoms with Gasteiger partial charge in [-0.2, -0.15) is 0 Å². The summed E-state index contributed by atoms with van der Waals surface area (Å²) in [6.07, 6.45) is 7.96. The Morgan fingerprint density at radius 3 is 2.71 bits per heavy atom. The minimum atomic E-state index is -0.383. The first kappa shape index (κ1) is 15.4. The van der Waals surface area contributed by atoms with Gasteiger partial charge in [0.25, 0.3) is 0 Å². The number of hydrogen-bond acceptors (Lipinski definition) is 5. The maximum Gasteiger partial charge on any atom is 0.225 e. The molecule has 126 valence electrons. The number of aromatic nitrogens is 3. The second-order valence-electron chi connectivity index (χ2n) is 7.01. The molecule has 0 radical (unpaired) electrons. The van der Waals surface area contributed by atoms with Crippen molar-refractivity contribution in [3.63, 3.8) is 0 Å². The number of piperidine rings is 1. The highest BCUT2D eigenvalue weighted by Crippen LogP contribution is 2.40. The van der Waals surface area contributed by atoms with E-state index < -0.39 is 0 Å². The molecular formula is C18H22FN5. The summed E-state index contributed by atoms with van der Waals surface area (Å²) < 4.78 is 13.0. The van der Waals surface area contributed by atoms with Gasteiger partial charge < -0.3 is 4.90 Å². The van der Waals surface area contributed by atoms with Gasteiger partial charge in [0.15, 0.2) is 5.82 Å². The van der Waals surface area contributed by atoms with Crippen molar-refractivity contribution in [2.24, 2.45) is 5.41 Å². The molecule has 0 unspecified atom stereocenters. The van der Waals surface area contributed by atoms with Crippen LogP contribution in [0, 0.1) is 11.2 Å². The molecule has 2 aromatic heterocycles. The summed E-state index contributed by atoms with van der Waals surface area (Å²) in [4.78, 5) is 17.4. The molecule has 0 aromatic carbocycles. The van der Waals surface area contributed by atoms with E-state index in [0.29, 0.717) is 11.4 Å². The van der Waals surface area contributed by atoms with Gasteiger partial charge in [0, 0.05) is 37.8 Å². The Bertz CT molecular complexity index is 678. The van der Waals surface area contributed by atoms with Crippen molar-refractivity contribution in [1.82, 2.24) is 19.9 Å². The van der Waals surface area contributed by atoms with Gasteiger partial charge in [-0.1, -0.05) is 6.07 Å². The van der Waals surface area contributed by atoms with Crippen LogP contribution < -0.4 is 4.90 Å². The second-order valence-corrected chi connectivity index (χ2v) is 7.01. The van der Waals surface area contributed by atoms with E-state index in [2.05, 4.69) is 30.8 Å². The molecule has 0 bridgehead atoms. The van der Waals surface area contributed by atoms with Crippen LogP contribution in [0.15, 0.2) is 36.8 Å². The zero-order valence-corrected chi connectivity index (χ0v) is 13.7. The van der Waals surface area contributed by atoms with Crippen LogP contribution >= 0.6 is 0 Å². The van der Waals surface area contributed by atoms with Gasteiger partial charge in [0.05, 0.1) is 18.1 Å². The van der Waals surface area contributed by atoms with Crippen molar-refractivity contribution >= 4 is 5.95 Å². The van der Waals surface area contributed by atoms with E-state index in [-0.39, 0.29) is 5.82 Å². The van der Waals surface area contributed by atoms with Crippen molar-refractivity contribution in [3.05, 3.63) is 48.3 Å². The van der Waals surface area contributed by atoms with E-state index in [1.54, 1.807) is 0 Å². The highest BCUT2D eigenvalue weighted by Gasteiger charge is 2.42. The molecule has 2 aliphatic heterocycles. The molecule has 5 nitrogen and oxygen atoms in total. The average molecular weight is 327 g/mol. The van der Waals surface area contributed by atoms with Crippen LogP contribution in [-0.2, 0) is 6.54 Å². The lowest BCUT2D eigenvalue weighted by atomic mass is 9.79. The summed E-state index contributed by atoms with van der Waals surface area (Å²) in [6.45, 7) is 5.03. The molecule has 2 aromatic rings. The Morgan fingerprint density at radius 2 is 1.92 bits per heavy atom. The SMILES string of the molecule is Fc1cnc(N2CC[C@]3(CCCN(Cc4ccccn4)C3)C2)nc1. The van der Waals surface area contributed by atoms with Crippen molar-refractivity contribution in [3.8, 4) is 0 Å². The quantitative estimate of drug-likeness (QED) is 0.867. The third-order valence-corrected chi connectivity index (χ3v) is 5.18. The lowest BCUT2D eigenvalue weighted by Gasteiger charge is -2.40. The summed E-state index contributed by atoms with van der Waals surface area (Å²) in [7, 11) is 0. The summed E-state index contributed by atoms with van der Waals surface area (Å²) in [6, 6.07) is 6.10. The van der Waals surface area contributed by atoms with Crippen molar-refractivity contribution in [2.45, 2.75) is 25.8 Å².